The van der Waals surface area contributed by atoms with Crippen molar-refractivity contribution in [3.63, 3.8) is 0 Å². The molecule has 1 heteroatoms. The van der Waals surface area contributed by atoms with E-state index in [0.29, 0.717) is 5.56 Å². The van der Waals surface area contributed by atoms with Crippen LogP contribution in [0, 0.1) is 20.7 Å². The van der Waals surface area contributed by atoms with Gasteiger partial charge in [-0.05, 0) is 55.1 Å². The Hall–Kier alpha value is -2.41. The Morgan fingerprint density at radius 3 is 2.32 bits per heavy atom. The van der Waals surface area contributed by atoms with Gasteiger partial charge in [0.25, 0.3) is 0 Å². The predicted octanol–water partition coefficient (Wildman–Crippen LogP) is 4.77. The van der Waals surface area contributed by atoms with Crippen LogP contribution >= 0.6 is 0 Å². The average Bonchev–Trinajstić information content (AvgIpc) is 2.55. The van der Waals surface area contributed by atoms with Crippen molar-refractivity contribution in [1.82, 2.24) is 0 Å². The molecule has 0 radical (unpaired) electrons. The highest BCUT2D eigenvalue weighted by molar-refractivity contribution is 5.75. The number of rotatable bonds is 2. The number of pyridine rings is 1. The Labute approximate surface area is 137 Å². The van der Waals surface area contributed by atoms with E-state index in [0.717, 1.165) is 33.5 Å². The smallest absolute Gasteiger partial charge is 0.201 e. The van der Waals surface area contributed by atoms with Gasteiger partial charge in [-0.25, -0.2) is 4.57 Å². The minimum Gasteiger partial charge on any atom is -0.201 e. The van der Waals surface area contributed by atoms with Crippen LogP contribution in [0.15, 0.2) is 60.8 Å². The lowest BCUT2D eigenvalue weighted by atomic mass is 9.93. The largest absolute Gasteiger partial charge is 0.212 e. The van der Waals surface area contributed by atoms with Crippen molar-refractivity contribution in [2.75, 3.05) is 0 Å². The van der Waals surface area contributed by atoms with Gasteiger partial charge < -0.3 is 0 Å². The second-order valence-electron chi connectivity index (χ2n) is 5.78. The van der Waals surface area contributed by atoms with Crippen LogP contribution in [0.2, 0.25) is 0 Å². The summed E-state index contributed by atoms with van der Waals surface area (Å²) in [5, 5.41) is 0. The summed E-state index contributed by atoms with van der Waals surface area (Å²) in [5.41, 5.74) is 6.32. The quantitative estimate of drug-likeness (QED) is 0.599. The van der Waals surface area contributed by atoms with E-state index in [1.807, 2.05) is 75.6 Å². The second-order valence-corrected chi connectivity index (χ2v) is 5.78. The number of aromatic nitrogens is 1. The number of hydrogen-bond donors (Lipinski definition) is 0. The van der Waals surface area contributed by atoms with E-state index >= 15 is 0 Å². The molecule has 0 aliphatic carbocycles. The molecule has 3 aromatic rings. The number of nitrogens with zero attached hydrogens (tertiary/aromatic N) is 1. The molecule has 0 unspecified atom stereocenters. The lowest BCUT2D eigenvalue weighted by Gasteiger charge is -2.12. The first-order valence-corrected chi connectivity index (χ1v) is 7.44. The van der Waals surface area contributed by atoms with Gasteiger partial charge in [0.1, 0.15) is 7.05 Å². The lowest BCUT2D eigenvalue weighted by molar-refractivity contribution is -0.660. The van der Waals surface area contributed by atoms with E-state index in [4.69, 9.17) is 4.11 Å². The molecule has 2 aromatic carbocycles. The Bertz CT molecular complexity index is 909. The van der Waals surface area contributed by atoms with Crippen LogP contribution in [0.4, 0.5) is 0 Å². The minimum absolute atomic E-state index is 0.399. The van der Waals surface area contributed by atoms with E-state index < -0.39 is 6.85 Å². The third-order valence-corrected chi connectivity index (χ3v) is 4.06. The molecule has 0 spiro atoms. The first-order valence-electron chi connectivity index (χ1n) is 8.94. The summed E-state index contributed by atoms with van der Waals surface area (Å²) >= 11 is 0. The van der Waals surface area contributed by atoms with Gasteiger partial charge >= 0.3 is 0 Å². The fourth-order valence-corrected chi connectivity index (χ4v) is 2.76. The molecule has 0 amide bonds. The first kappa shape index (κ1) is 11.2. The monoisotopic (exact) mass is 291 g/mol. The standard InChI is InChI=1S/C21H22N/c1-15-8-10-18(11-9-15)19-14-20(17(3)13-16(19)2)21-7-5-6-12-22(21)4/h5-14H,1-4H3/q+1/i2D3. The normalized spacial score (nSPS) is 13.3. The Morgan fingerprint density at radius 1 is 0.864 bits per heavy atom. The molecule has 110 valence electrons. The molecule has 1 aromatic heterocycles. The van der Waals surface area contributed by atoms with Gasteiger partial charge in [0, 0.05) is 21.8 Å². The molecule has 1 heterocycles. The highest BCUT2D eigenvalue weighted by Crippen LogP contribution is 2.31. The molecule has 22 heavy (non-hydrogen) atoms. The zero-order chi connectivity index (χ0) is 18.2. The van der Waals surface area contributed by atoms with Gasteiger partial charge in [0.05, 0.1) is 0 Å². The summed E-state index contributed by atoms with van der Waals surface area (Å²) < 4.78 is 25.9. The molecule has 0 aliphatic rings. The van der Waals surface area contributed by atoms with Crippen molar-refractivity contribution in [2.24, 2.45) is 7.05 Å². The van der Waals surface area contributed by atoms with Crippen LogP contribution in [-0.2, 0) is 7.05 Å². The third-order valence-electron chi connectivity index (χ3n) is 4.06. The van der Waals surface area contributed by atoms with Crippen LogP contribution in [-0.4, -0.2) is 0 Å². The molecular formula is C21H22N+. The molecule has 0 aliphatic heterocycles. The summed E-state index contributed by atoms with van der Waals surface area (Å²) in [6, 6.07) is 17.9. The van der Waals surface area contributed by atoms with E-state index in [-0.39, 0.29) is 0 Å². The average molecular weight is 291 g/mol. The summed E-state index contributed by atoms with van der Waals surface area (Å²) in [7, 11) is 2.00. The fraction of sp³-hybridized carbons (Fsp3) is 0.190. The van der Waals surface area contributed by atoms with Crippen molar-refractivity contribution in [2.45, 2.75) is 20.7 Å². The second kappa shape index (κ2) is 5.76. The molecule has 0 fully saturated rings. The van der Waals surface area contributed by atoms with Gasteiger partial charge in [-0.3, -0.25) is 0 Å². The predicted molar refractivity (Wildman–Crippen MR) is 92.7 cm³/mol. The SMILES string of the molecule is [2H]C([2H])([2H])c1cc(C)c(-c2cccc[n+]2C)cc1-c1ccc(C)cc1. The van der Waals surface area contributed by atoms with Crippen molar-refractivity contribution >= 4 is 0 Å². The van der Waals surface area contributed by atoms with Crippen LogP contribution in [0.3, 0.4) is 0 Å². The van der Waals surface area contributed by atoms with Gasteiger partial charge in [0.15, 0.2) is 6.20 Å². The lowest BCUT2D eigenvalue weighted by Crippen LogP contribution is -2.30. The highest BCUT2D eigenvalue weighted by Gasteiger charge is 2.14. The van der Waals surface area contributed by atoms with E-state index in [9.17, 15) is 0 Å². The van der Waals surface area contributed by atoms with Crippen LogP contribution in [0.1, 0.15) is 20.8 Å². The van der Waals surface area contributed by atoms with Crippen LogP contribution in [0.5, 0.6) is 0 Å². The molecule has 3 rings (SSSR count). The summed E-state index contributed by atoms with van der Waals surface area (Å²) in [5.74, 6) is 0. The molecule has 1 nitrogen and oxygen atoms in total. The zero-order valence-electron chi connectivity index (χ0n) is 16.2. The fourth-order valence-electron chi connectivity index (χ4n) is 2.76. The Kier molecular flexibility index (Phi) is 2.93. The van der Waals surface area contributed by atoms with E-state index in [1.165, 1.54) is 0 Å². The zero-order valence-corrected chi connectivity index (χ0v) is 13.2. The first-order chi connectivity index (χ1) is 11.8. The van der Waals surface area contributed by atoms with Crippen molar-refractivity contribution in [3.05, 3.63) is 77.5 Å². The topological polar surface area (TPSA) is 3.88 Å². The molecule has 0 N–H and O–H groups in total. The van der Waals surface area contributed by atoms with Crippen molar-refractivity contribution in [3.8, 4) is 22.4 Å². The van der Waals surface area contributed by atoms with Crippen molar-refractivity contribution in [1.29, 1.82) is 0 Å². The number of hydrogen-bond acceptors (Lipinski definition) is 0. The van der Waals surface area contributed by atoms with Gasteiger partial charge in [0.2, 0.25) is 5.69 Å². The maximum atomic E-state index is 7.95. The maximum Gasteiger partial charge on any atom is 0.212 e. The molecule has 0 bridgehead atoms. The highest BCUT2D eigenvalue weighted by atomic mass is 14.9. The Morgan fingerprint density at radius 2 is 1.64 bits per heavy atom. The number of benzene rings is 2. The van der Waals surface area contributed by atoms with Gasteiger partial charge in [-0.15, -0.1) is 0 Å². The third kappa shape index (κ3) is 2.67. The molecule has 0 atom stereocenters. The van der Waals surface area contributed by atoms with Crippen molar-refractivity contribution < 1.29 is 8.68 Å². The van der Waals surface area contributed by atoms with Gasteiger partial charge in [-0.1, -0.05) is 35.9 Å². The summed E-state index contributed by atoms with van der Waals surface area (Å²) in [6.07, 6.45) is 2.00. The molecular weight excluding hydrogens is 266 g/mol. The minimum atomic E-state index is -2.15. The molecule has 0 saturated heterocycles. The van der Waals surface area contributed by atoms with E-state index in [1.54, 1.807) is 0 Å². The van der Waals surface area contributed by atoms with Crippen LogP contribution in [0.25, 0.3) is 22.4 Å². The maximum absolute atomic E-state index is 7.95. The summed E-state index contributed by atoms with van der Waals surface area (Å²) in [6.45, 7) is 1.85. The van der Waals surface area contributed by atoms with Crippen LogP contribution < -0.4 is 4.57 Å². The number of aryl methyl sites for hydroxylation is 4. The molecule has 0 saturated carbocycles. The Balaban J connectivity index is 2.29. The summed E-state index contributed by atoms with van der Waals surface area (Å²) in [4.78, 5) is 0. The van der Waals surface area contributed by atoms with Gasteiger partial charge in [-0.2, -0.15) is 0 Å². The van der Waals surface area contributed by atoms with E-state index in [2.05, 4.69) is 10.6 Å².